The van der Waals surface area contributed by atoms with Gasteiger partial charge in [0, 0.05) is 7.11 Å². The van der Waals surface area contributed by atoms with Crippen molar-refractivity contribution in [3.63, 3.8) is 0 Å². The first-order valence-corrected chi connectivity index (χ1v) is 5.96. The molecule has 1 atom stereocenters. The van der Waals surface area contributed by atoms with Crippen LogP contribution in [0.15, 0.2) is 42.5 Å². The largest absolute Gasteiger partial charge is 0.367 e. The minimum absolute atomic E-state index is 0.268. The number of nitrogens with one attached hydrogen (secondary N) is 1. The van der Waals surface area contributed by atoms with E-state index in [-0.39, 0.29) is 11.1 Å². The van der Waals surface area contributed by atoms with Crippen molar-refractivity contribution >= 4 is 23.3 Å². The van der Waals surface area contributed by atoms with Crippen molar-refractivity contribution in [2.75, 3.05) is 12.4 Å². The second-order valence-electron chi connectivity index (χ2n) is 3.76. The van der Waals surface area contributed by atoms with E-state index in [9.17, 15) is 4.79 Å². The lowest BCUT2D eigenvalue weighted by Gasteiger charge is -2.14. The molecule has 0 bridgehead atoms. The zero-order valence-corrected chi connectivity index (χ0v) is 11.0. The summed E-state index contributed by atoms with van der Waals surface area (Å²) < 4.78 is 5.21. The molecule has 2 aromatic rings. The fraction of sp³-hybridized carbons (Fsp3) is 0.154. The summed E-state index contributed by atoms with van der Waals surface area (Å²) in [4.78, 5) is 12.1. The number of methoxy groups -OCH3 is 1. The summed E-state index contributed by atoms with van der Waals surface area (Å²) in [7, 11) is 1.48. The zero-order valence-electron chi connectivity index (χ0n) is 10.2. The average Bonchev–Trinajstić information content (AvgIpc) is 2.43. The Kier molecular flexibility index (Phi) is 4.43. The topological polar surface area (TPSA) is 64.1 Å². The van der Waals surface area contributed by atoms with Gasteiger partial charge >= 0.3 is 0 Å². The molecule has 1 N–H and O–H groups in total. The van der Waals surface area contributed by atoms with Crippen LogP contribution < -0.4 is 5.32 Å². The summed E-state index contributed by atoms with van der Waals surface area (Å²) in [5.74, 6) is 0.0118. The van der Waals surface area contributed by atoms with Crippen molar-refractivity contribution < 1.29 is 9.53 Å². The Labute approximate surface area is 115 Å². The number of ether oxygens (including phenoxy) is 1. The summed E-state index contributed by atoms with van der Waals surface area (Å²) in [6, 6.07) is 12.3. The number of amides is 1. The number of benzene rings is 1. The average molecular weight is 278 g/mol. The van der Waals surface area contributed by atoms with Gasteiger partial charge in [-0.3, -0.25) is 4.79 Å². The van der Waals surface area contributed by atoms with Crippen molar-refractivity contribution in [2.24, 2.45) is 0 Å². The number of rotatable bonds is 4. The van der Waals surface area contributed by atoms with Gasteiger partial charge in [-0.05, 0) is 17.7 Å². The number of hydrogen-bond donors (Lipinski definition) is 1. The van der Waals surface area contributed by atoms with Crippen molar-refractivity contribution in [2.45, 2.75) is 6.10 Å². The van der Waals surface area contributed by atoms with E-state index in [4.69, 9.17) is 16.3 Å². The van der Waals surface area contributed by atoms with Crippen LogP contribution in [0.1, 0.15) is 11.7 Å². The molecule has 19 heavy (non-hydrogen) atoms. The second-order valence-corrected chi connectivity index (χ2v) is 4.14. The highest BCUT2D eigenvalue weighted by atomic mass is 35.5. The first-order chi connectivity index (χ1) is 9.20. The summed E-state index contributed by atoms with van der Waals surface area (Å²) in [5.41, 5.74) is 0.768. The Morgan fingerprint density at radius 2 is 1.95 bits per heavy atom. The van der Waals surface area contributed by atoms with Crippen LogP contribution in [0, 0.1) is 0 Å². The van der Waals surface area contributed by atoms with Crippen LogP contribution in [0.2, 0.25) is 5.15 Å². The number of aromatic nitrogens is 2. The third-order valence-corrected chi connectivity index (χ3v) is 2.66. The molecular weight excluding hydrogens is 266 g/mol. The first-order valence-electron chi connectivity index (χ1n) is 5.58. The van der Waals surface area contributed by atoms with E-state index in [1.54, 1.807) is 12.1 Å². The number of halogens is 1. The molecule has 98 valence electrons. The van der Waals surface area contributed by atoms with Gasteiger partial charge in [0.1, 0.15) is 0 Å². The number of nitrogens with zero attached hydrogens (tertiary/aromatic N) is 2. The van der Waals surface area contributed by atoms with Crippen molar-refractivity contribution in [3.05, 3.63) is 53.2 Å². The van der Waals surface area contributed by atoms with E-state index in [1.165, 1.54) is 7.11 Å². The summed E-state index contributed by atoms with van der Waals surface area (Å²) >= 11 is 5.62. The number of carbonyl (C=O) groups excluding carboxylic acids is 1. The highest BCUT2D eigenvalue weighted by Crippen LogP contribution is 2.18. The van der Waals surface area contributed by atoms with Crippen LogP contribution in [-0.4, -0.2) is 23.2 Å². The number of anilines is 1. The third kappa shape index (κ3) is 3.49. The van der Waals surface area contributed by atoms with Gasteiger partial charge in [0.15, 0.2) is 17.1 Å². The van der Waals surface area contributed by atoms with Gasteiger partial charge in [0.05, 0.1) is 0 Å². The van der Waals surface area contributed by atoms with E-state index >= 15 is 0 Å². The lowest BCUT2D eigenvalue weighted by Crippen LogP contribution is -2.23. The SMILES string of the molecule is CO[C@H](C(=O)Nc1ccc(Cl)nn1)c1ccccc1. The third-order valence-electron chi connectivity index (χ3n) is 2.46. The summed E-state index contributed by atoms with van der Waals surface area (Å²) in [6.07, 6.45) is -0.696. The zero-order chi connectivity index (χ0) is 13.7. The monoisotopic (exact) mass is 277 g/mol. The Bertz CT molecular complexity index is 546. The molecule has 2 rings (SSSR count). The van der Waals surface area contributed by atoms with Gasteiger partial charge in [-0.25, -0.2) is 0 Å². The molecule has 0 saturated carbocycles. The molecule has 1 heterocycles. The van der Waals surface area contributed by atoms with Gasteiger partial charge < -0.3 is 10.1 Å². The molecule has 0 aliphatic rings. The van der Waals surface area contributed by atoms with Gasteiger partial charge in [-0.15, -0.1) is 10.2 Å². The van der Waals surface area contributed by atoms with E-state index in [0.29, 0.717) is 5.82 Å². The van der Waals surface area contributed by atoms with E-state index in [1.807, 2.05) is 30.3 Å². The van der Waals surface area contributed by atoms with Crippen LogP contribution in [0.5, 0.6) is 0 Å². The Morgan fingerprint density at radius 3 is 2.53 bits per heavy atom. The highest BCUT2D eigenvalue weighted by molar-refractivity contribution is 6.29. The normalized spacial score (nSPS) is 11.9. The van der Waals surface area contributed by atoms with E-state index in [0.717, 1.165) is 5.56 Å². The van der Waals surface area contributed by atoms with Crippen LogP contribution in [0.25, 0.3) is 0 Å². The Hall–Kier alpha value is -1.98. The van der Waals surface area contributed by atoms with Crippen LogP contribution in [0.4, 0.5) is 5.82 Å². The second kappa shape index (κ2) is 6.26. The quantitative estimate of drug-likeness (QED) is 0.932. The van der Waals surface area contributed by atoms with E-state index < -0.39 is 6.10 Å². The molecule has 0 aliphatic carbocycles. The van der Waals surface area contributed by atoms with Crippen molar-refractivity contribution in [3.8, 4) is 0 Å². The van der Waals surface area contributed by atoms with Gasteiger partial charge in [0.25, 0.3) is 5.91 Å². The summed E-state index contributed by atoms with van der Waals surface area (Å²) in [6.45, 7) is 0. The van der Waals surface area contributed by atoms with Crippen LogP contribution in [-0.2, 0) is 9.53 Å². The minimum atomic E-state index is -0.696. The standard InChI is InChI=1S/C13H12ClN3O2/c1-19-12(9-5-3-2-4-6-9)13(18)15-11-8-7-10(14)16-17-11/h2-8,12H,1H3,(H,15,17,18)/t12-/m0/s1. The molecule has 1 aromatic heterocycles. The van der Waals surface area contributed by atoms with Crippen LogP contribution in [0.3, 0.4) is 0 Å². The maximum absolute atomic E-state index is 12.1. The molecule has 0 aliphatic heterocycles. The Balaban J connectivity index is 2.11. The molecule has 0 saturated heterocycles. The molecule has 0 fully saturated rings. The van der Waals surface area contributed by atoms with Crippen molar-refractivity contribution in [1.29, 1.82) is 0 Å². The van der Waals surface area contributed by atoms with Gasteiger partial charge in [-0.2, -0.15) is 0 Å². The molecule has 0 unspecified atom stereocenters. The van der Waals surface area contributed by atoms with Crippen LogP contribution >= 0.6 is 11.6 Å². The number of hydrogen-bond acceptors (Lipinski definition) is 4. The minimum Gasteiger partial charge on any atom is -0.367 e. The van der Waals surface area contributed by atoms with Gasteiger partial charge in [-0.1, -0.05) is 41.9 Å². The fourth-order valence-electron chi connectivity index (χ4n) is 1.60. The smallest absolute Gasteiger partial charge is 0.259 e. The summed E-state index contributed by atoms with van der Waals surface area (Å²) in [5, 5.41) is 10.3. The highest BCUT2D eigenvalue weighted by Gasteiger charge is 2.20. The van der Waals surface area contributed by atoms with Crippen molar-refractivity contribution in [1.82, 2.24) is 10.2 Å². The molecule has 1 amide bonds. The van der Waals surface area contributed by atoms with E-state index in [2.05, 4.69) is 15.5 Å². The molecule has 0 radical (unpaired) electrons. The first kappa shape index (κ1) is 13.5. The fourth-order valence-corrected chi connectivity index (χ4v) is 1.70. The molecule has 0 spiro atoms. The maximum Gasteiger partial charge on any atom is 0.259 e. The molecular formula is C13H12ClN3O2. The molecule has 5 nitrogen and oxygen atoms in total. The lowest BCUT2D eigenvalue weighted by molar-refractivity contribution is -0.126. The van der Waals surface area contributed by atoms with Gasteiger partial charge in [0.2, 0.25) is 0 Å². The Morgan fingerprint density at radius 1 is 1.21 bits per heavy atom. The molecule has 1 aromatic carbocycles. The maximum atomic E-state index is 12.1. The predicted octanol–water partition coefficient (Wildman–Crippen LogP) is 2.46. The number of carbonyl (C=O) groups is 1. The predicted molar refractivity (Wildman–Crippen MR) is 71.9 cm³/mol. The lowest BCUT2D eigenvalue weighted by atomic mass is 10.1. The molecule has 6 heteroatoms.